The molecule has 5 nitrogen and oxygen atoms in total. The highest BCUT2D eigenvalue weighted by atomic mass is 35.5. The highest BCUT2D eigenvalue weighted by Gasteiger charge is 2.15. The van der Waals surface area contributed by atoms with Crippen LogP contribution in [0, 0.1) is 0 Å². The molecule has 20 heavy (non-hydrogen) atoms. The molecule has 1 aromatic carbocycles. The molecule has 1 N–H and O–H groups in total. The van der Waals surface area contributed by atoms with Crippen LogP contribution in [0.1, 0.15) is 0 Å². The second-order valence-electron chi connectivity index (χ2n) is 4.62. The van der Waals surface area contributed by atoms with E-state index in [2.05, 4.69) is 15.2 Å². The average Bonchev–Trinajstić information content (AvgIpc) is 2.69. The summed E-state index contributed by atoms with van der Waals surface area (Å²) in [5, 5.41) is 3.97. The molecule has 0 atom stereocenters. The first-order chi connectivity index (χ1) is 8.88. The van der Waals surface area contributed by atoms with E-state index >= 15 is 0 Å². The molecule has 1 heterocycles. The van der Waals surface area contributed by atoms with Crippen molar-refractivity contribution in [2.75, 3.05) is 38.8 Å². The van der Waals surface area contributed by atoms with Gasteiger partial charge >= 0.3 is 0 Å². The zero-order valence-electron chi connectivity index (χ0n) is 11.6. The van der Waals surface area contributed by atoms with E-state index in [-0.39, 0.29) is 12.4 Å². The number of sulfone groups is 1. The van der Waals surface area contributed by atoms with Crippen molar-refractivity contribution in [2.24, 2.45) is 0 Å². The lowest BCUT2D eigenvalue weighted by molar-refractivity contribution is 0.425. The van der Waals surface area contributed by atoms with E-state index < -0.39 is 9.84 Å². The van der Waals surface area contributed by atoms with Crippen LogP contribution in [0.15, 0.2) is 23.1 Å². The Balaban J connectivity index is 0.00000200. The first-order valence-corrected chi connectivity index (χ1v) is 8.57. The summed E-state index contributed by atoms with van der Waals surface area (Å²) in [7, 11) is 0.762. The summed E-state index contributed by atoms with van der Waals surface area (Å²) in [6.07, 6.45) is 1.21. The number of nitrogens with zero attached hydrogens (tertiary/aromatic N) is 2. The van der Waals surface area contributed by atoms with E-state index in [1.165, 1.54) is 17.6 Å². The fourth-order valence-corrected chi connectivity index (χ4v) is 3.50. The summed E-state index contributed by atoms with van der Waals surface area (Å²) in [5.74, 6) is 0. The summed E-state index contributed by atoms with van der Waals surface area (Å²) in [4.78, 5) is 6.75. The molecule has 0 amide bonds. The highest BCUT2D eigenvalue weighted by Crippen LogP contribution is 2.30. The molecule has 2 aromatic rings. The van der Waals surface area contributed by atoms with Crippen molar-refractivity contribution in [3.63, 3.8) is 0 Å². The second-order valence-corrected chi connectivity index (χ2v) is 7.64. The fraction of sp³-hybridized carbons (Fsp3) is 0.417. The van der Waals surface area contributed by atoms with Crippen molar-refractivity contribution < 1.29 is 8.42 Å². The number of hydrogen-bond donors (Lipinski definition) is 1. The Kier molecular flexibility index (Phi) is 5.76. The van der Waals surface area contributed by atoms with Gasteiger partial charge in [-0.25, -0.2) is 13.4 Å². The standard InChI is InChI=1S/C12H17N3O2S2.ClH/c1-15(2)8-7-13-12-14-11-9(18-12)5-4-6-10(11)19(3,16)17;/h4-6H,7-8H2,1-3H3,(H,13,14);1H. The number of nitrogens with one attached hydrogen (secondary N) is 1. The van der Waals surface area contributed by atoms with Crippen LogP contribution in [0.4, 0.5) is 5.13 Å². The molecule has 0 bridgehead atoms. The number of benzene rings is 1. The fourth-order valence-electron chi connectivity index (χ4n) is 1.68. The van der Waals surface area contributed by atoms with Crippen LogP contribution in [0.5, 0.6) is 0 Å². The van der Waals surface area contributed by atoms with Crippen LogP contribution in [0.3, 0.4) is 0 Å². The molecule has 0 saturated carbocycles. The zero-order valence-corrected chi connectivity index (χ0v) is 14.0. The molecule has 112 valence electrons. The monoisotopic (exact) mass is 335 g/mol. The lowest BCUT2D eigenvalue weighted by Crippen LogP contribution is -2.20. The van der Waals surface area contributed by atoms with Gasteiger partial charge in [0.1, 0.15) is 5.52 Å². The zero-order chi connectivity index (χ0) is 14.0. The maximum absolute atomic E-state index is 11.7. The summed E-state index contributed by atoms with van der Waals surface area (Å²) in [5.41, 5.74) is 0.558. The third-order valence-corrected chi connectivity index (χ3v) is 4.72. The molecule has 0 saturated heterocycles. The van der Waals surface area contributed by atoms with E-state index in [4.69, 9.17) is 0 Å². The number of hydrogen-bond acceptors (Lipinski definition) is 6. The molecule has 0 fully saturated rings. The van der Waals surface area contributed by atoms with Gasteiger partial charge < -0.3 is 10.2 Å². The average molecular weight is 336 g/mol. The maximum Gasteiger partial charge on any atom is 0.183 e. The smallest absolute Gasteiger partial charge is 0.183 e. The van der Waals surface area contributed by atoms with Gasteiger partial charge in [0.25, 0.3) is 0 Å². The van der Waals surface area contributed by atoms with Crippen molar-refractivity contribution in [2.45, 2.75) is 4.90 Å². The van der Waals surface area contributed by atoms with Gasteiger partial charge in [-0.2, -0.15) is 0 Å². The molecular weight excluding hydrogens is 318 g/mol. The lowest BCUT2D eigenvalue weighted by Gasteiger charge is -2.08. The van der Waals surface area contributed by atoms with E-state index in [0.717, 1.165) is 22.9 Å². The van der Waals surface area contributed by atoms with E-state index in [1.54, 1.807) is 12.1 Å². The normalized spacial score (nSPS) is 11.6. The first kappa shape index (κ1) is 17.2. The molecule has 1 aromatic heterocycles. The predicted octanol–water partition coefficient (Wildman–Crippen LogP) is 2.10. The molecular formula is C12H18ClN3O2S2. The van der Waals surface area contributed by atoms with Gasteiger partial charge in [-0.1, -0.05) is 17.4 Å². The highest BCUT2D eigenvalue weighted by molar-refractivity contribution is 7.91. The quantitative estimate of drug-likeness (QED) is 0.906. The van der Waals surface area contributed by atoms with Gasteiger partial charge in [-0.3, -0.25) is 0 Å². The number of anilines is 1. The van der Waals surface area contributed by atoms with Crippen LogP contribution >= 0.6 is 23.7 Å². The molecule has 0 aliphatic rings. The van der Waals surface area contributed by atoms with E-state index in [1.807, 2.05) is 20.2 Å². The third-order valence-electron chi connectivity index (χ3n) is 2.62. The summed E-state index contributed by atoms with van der Waals surface area (Å²) in [6, 6.07) is 5.24. The van der Waals surface area contributed by atoms with E-state index in [0.29, 0.717) is 10.4 Å². The number of thiazole rings is 1. The number of likely N-dealkylation sites (N-methyl/N-ethyl adjacent to an activating group) is 1. The first-order valence-electron chi connectivity index (χ1n) is 5.86. The van der Waals surface area contributed by atoms with Crippen molar-refractivity contribution in [1.29, 1.82) is 0 Å². The molecule has 8 heteroatoms. The Labute approximate surface area is 129 Å². The lowest BCUT2D eigenvalue weighted by atomic mass is 10.3. The minimum atomic E-state index is -3.24. The third kappa shape index (κ3) is 4.05. The van der Waals surface area contributed by atoms with Crippen molar-refractivity contribution in [3.8, 4) is 0 Å². The summed E-state index contributed by atoms with van der Waals surface area (Å²) >= 11 is 1.47. The molecule has 2 rings (SSSR count). The van der Waals surface area contributed by atoms with Crippen LogP contribution in [0.25, 0.3) is 10.2 Å². The number of halogens is 1. The molecule has 0 spiro atoms. The minimum Gasteiger partial charge on any atom is -0.360 e. The van der Waals surface area contributed by atoms with Crippen molar-refractivity contribution in [1.82, 2.24) is 9.88 Å². The number of para-hydroxylation sites is 1. The minimum absolute atomic E-state index is 0. The van der Waals surface area contributed by atoms with Crippen molar-refractivity contribution >= 4 is 48.9 Å². The van der Waals surface area contributed by atoms with Gasteiger partial charge in [0.2, 0.25) is 0 Å². The number of rotatable bonds is 5. The Morgan fingerprint density at radius 3 is 2.65 bits per heavy atom. The van der Waals surface area contributed by atoms with Crippen LogP contribution in [-0.4, -0.2) is 51.7 Å². The number of fused-ring (bicyclic) bond motifs is 1. The second kappa shape index (κ2) is 6.71. The van der Waals surface area contributed by atoms with Gasteiger partial charge in [0, 0.05) is 19.3 Å². The van der Waals surface area contributed by atoms with Gasteiger partial charge in [-0.15, -0.1) is 12.4 Å². The van der Waals surface area contributed by atoms with Gasteiger partial charge in [0.15, 0.2) is 15.0 Å². The maximum atomic E-state index is 11.7. The van der Waals surface area contributed by atoms with E-state index in [9.17, 15) is 8.42 Å². The largest absolute Gasteiger partial charge is 0.360 e. The summed E-state index contributed by atoms with van der Waals surface area (Å²) in [6.45, 7) is 1.68. The topological polar surface area (TPSA) is 62.3 Å². The molecule has 0 radical (unpaired) electrons. The Hall–Kier alpha value is -0.890. The van der Waals surface area contributed by atoms with Crippen LogP contribution in [-0.2, 0) is 9.84 Å². The summed E-state index contributed by atoms with van der Waals surface area (Å²) < 4.78 is 24.3. The predicted molar refractivity (Wildman–Crippen MR) is 87.0 cm³/mol. The van der Waals surface area contributed by atoms with Crippen LogP contribution in [0.2, 0.25) is 0 Å². The molecule has 0 aliphatic carbocycles. The number of aromatic nitrogens is 1. The molecule has 0 unspecified atom stereocenters. The Bertz CT molecular complexity index is 683. The van der Waals surface area contributed by atoms with Gasteiger partial charge in [0.05, 0.1) is 9.60 Å². The Morgan fingerprint density at radius 2 is 2.05 bits per heavy atom. The van der Waals surface area contributed by atoms with Crippen LogP contribution < -0.4 is 5.32 Å². The Morgan fingerprint density at radius 1 is 1.35 bits per heavy atom. The van der Waals surface area contributed by atoms with Gasteiger partial charge in [-0.05, 0) is 26.2 Å². The molecule has 0 aliphatic heterocycles. The van der Waals surface area contributed by atoms with Crippen molar-refractivity contribution in [3.05, 3.63) is 18.2 Å². The SMILES string of the molecule is CN(C)CCNc1nc2c(S(C)(=O)=O)cccc2s1.Cl.